The molecular weight excluding hydrogens is 426 g/mol. The van der Waals surface area contributed by atoms with E-state index in [0.717, 1.165) is 6.08 Å². The van der Waals surface area contributed by atoms with Crippen molar-refractivity contribution in [2.45, 2.75) is 24.6 Å². The zero-order chi connectivity index (χ0) is 23.3. The van der Waals surface area contributed by atoms with Gasteiger partial charge in [-0.15, -0.1) is 0 Å². The molecule has 0 bridgehead atoms. The molecule has 0 saturated carbocycles. The summed E-state index contributed by atoms with van der Waals surface area (Å²) in [5.41, 5.74) is 0.409. The summed E-state index contributed by atoms with van der Waals surface area (Å²) in [7, 11) is 1.39. The van der Waals surface area contributed by atoms with Gasteiger partial charge < -0.3 is 34.3 Å². The van der Waals surface area contributed by atoms with Crippen LogP contribution in [-0.4, -0.2) is 64.5 Å². The smallest absolute Gasteiger partial charge is 0.331 e. The summed E-state index contributed by atoms with van der Waals surface area (Å²) in [5.74, 6) is -0.486. The largest absolute Gasteiger partial charge is 0.504 e. The average molecular weight is 447 g/mol. The lowest BCUT2D eigenvalue weighted by atomic mass is 10.1. The lowest BCUT2D eigenvalue weighted by Crippen LogP contribution is -2.56. The van der Waals surface area contributed by atoms with Gasteiger partial charge in [0, 0.05) is 18.2 Å². The fourth-order valence-corrected chi connectivity index (χ4v) is 2.94. The summed E-state index contributed by atoms with van der Waals surface area (Å²) >= 11 is 0. The Labute approximate surface area is 182 Å². The standard InChI is InChI=1S/C21H21NO10/c1-29-17-10-12(2-8-15(17)23)3-9-18(25)32-20-16(24)11-30-21(19(20)26)31-14-6-4-13(5-7-14)22(27)28/h2-10,16,19-21,23-24,26H,11H2,1H3/b9-3+/t16-,19-,20+,21+/m1/s1. The highest BCUT2D eigenvalue weighted by molar-refractivity contribution is 5.87. The number of ether oxygens (including phenoxy) is 4. The summed E-state index contributed by atoms with van der Waals surface area (Å²) in [5, 5.41) is 40.9. The van der Waals surface area contributed by atoms with E-state index < -0.39 is 35.5 Å². The topological polar surface area (TPSA) is 158 Å². The first-order valence-electron chi connectivity index (χ1n) is 9.43. The Hall–Kier alpha value is -3.67. The Morgan fingerprint density at radius 1 is 1.22 bits per heavy atom. The molecular formula is C21H21NO10. The first-order valence-corrected chi connectivity index (χ1v) is 9.43. The molecule has 2 aromatic carbocycles. The highest BCUT2D eigenvalue weighted by atomic mass is 16.7. The number of esters is 1. The van der Waals surface area contributed by atoms with Crippen LogP contribution >= 0.6 is 0 Å². The van der Waals surface area contributed by atoms with Crippen molar-refractivity contribution in [1.82, 2.24) is 0 Å². The molecule has 4 atom stereocenters. The molecule has 32 heavy (non-hydrogen) atoms. The molecule has 1 heterocycles. The average Bonchev–Trinajstić information content (AvgIpc) is 2.78. The normalized spacial score (nSPS) is 23.0. The van der Waals surface area contributed by atoms with Gasteiger partial charge in [-0.3, -0.25) is 10.1 Å². The van der Waals surface area contributed by atoms with Crippen molar-refractivity contribution in [1.29, 1.82) is 0 Å². The van der Waals surface area contributed by atoms with Gasteiger partial charge in [-0.05, 0) is 35.9 Å². The zero-order valence-corrected chi connectivity index (χ0v) is 16.9. The van der Waals surface area contributed by atoms with Gasteiger partial charge in [-0.2, -0.15) is 0 Å². The number of benzene rings is 2. The van der Waals surface area contributed by atoms with E-state index in [1.807, 2.05) is 0 Å². The van der Waals surface area contributed by atoms with Crippen LogP contribution < -0.4 is 9.47 Å². The number of nitro groups is 1. The minimum atomic E-state index is -1.53. The first kappa shape index (κ1) is 23.0. The number of hydrogen-bond acceptors (Lipinski definition) is 10. The van der Waals surface area contributed by atoms with Crippen molar-refractivity contribution in [2.75, 3.05) is 13.7 Å². The van der Waals surface area contributed by atoms with E-state index >= 15 is 0 Å². The maximum Gasteiger partial charge on any atom is 0.331 e. The van der Waals surface area contributed by atoms with E-state index in [-0.39, 0.29) is 29.5 Å². The molecule has 170 valence electrons. The summed E-state index contributed by atoms with van der Waals surface area (Å²) in [4.78, 5) is 22.4. The maximum atomic E-state index is 12.2. The molecule has 0 aromatic heterocycles. The summed E-state index contributed by atoms with van der Waals surface area (Å²) in [6.45, 7) is -0.272. The molecule has 0 unspecified atom stereocenters. The van der Waals surface area contributed by atoms with E-state index in [0.29, 0.717) is 5.56 Å². The maximum absolute atomic E-state index is 12.2. The van der Waals surface area contributed by atoms with Crippen LogP contribution in [0.4, 0.5) is 5.69 Å². The monoisotopic (exact) mass is 447 g/mol. The van der Waals surface area contributed by atoms with Crippen molar-refractivity contribution < 1.29 is 44.0 Å². The van der Waals surface area contributed by atoms with Gasteiger partial charge in [0.1, 0.15) is 11.9 Å². The summed E-state index contributed by atoms with van der Waals surface area (Å²) in [6.07, 6.45) is -2.94. The molecule has 1 saturated heterocycles. The van der Waals surface area contributed by atoms with Gasteiger partial charge >= 0.3 is 5.97 Å². The Bertz CT molecular complexity index is 991. The van der Waals surface area contributed by atoms with Crippen molar-refractivity contribution in [3.63, 3.8) is 0 Å². The number of aliphatic hydroxyl groups excluding tert-OH is 2. The van der Waals surface area contributed by atoms with Crippen LogP contribution in [0.5, 0.6) is 17.2 Å². The summed E-state index contributed by atoms with van der Waals surface area (Å²) in [6, 6.07) is 9.55. The van der Waals surface area contributed by atoms with E-state index in [2.05, 4.69) is 0 Å². The highest BCUT2D eigenvalue weighted by Gasteiger charge is 2.42. The third-order valence-electron chi connectivity index (χ3n) is 4.59. The zero-order valence-electron chi connectivity index (χ0n) is 16.9. The minimum absolute atomic E-state index is 0.0558. The second-order valence-corrected chi connectivity index (χ2v) is 6.79. The van der Waals surface area contributed by atoms with E-state index in [1.165, 1.54) is 49.6 Å². The number of aromatic hydroxyl groups is 1. The number of nitrogens with zero attached hydrogens (tertiary/aromatic N) is 1. The third-order valence-corrected chi connectivity index (χ3v) is 4.59. The number of methoxy groups -OCH3 is 1. The predicted octanol–water partition coefficient (Wildman–Crippen LogP) is 1.39. The lowest BCUT2D eigenvalue weighted by Gasteiger charge is -2.36. The van der Waals surface area contributed by atoms with Crippen molar-refractivity contribution in [3.05, 3.63) is 64.2 Å². The fraction of sp³-hybridized carbons (Fsp3) is 0.286. The van der Waals surface area contributed by atoms with Gasteiger partial charge in [0.25, 0.3) is 5.69 Å². The molecule has 0 radical (unpaired) electrons. The number of non-ortho nitro benzene ring substituents is 1. The van der Waals surface area contributed by atoms with Crippen LogP contribution in [0.3, 0.4) is 0 Å². The Morgan fingerprint density at radius 2 is 1.94 bits per heavy atom. The molecule has 0 spiro atoms. The molecule has 3 rings (SSSR count). The number of aliphatic hydroxyl groups is 2. The van der Waals surface area contributed by atoms with Crippen LogP contribution in [0, 0.1) is 10.1 Å². The van der Waals surface area contributed by atoms with Gasteiger partial charge in [0.2, 0.25) is 6.29 Å². The van der Waals surface area contributed by atoms with Crippen molar-refractivity contribution >= 4 is 17.7 Å². The van der Waals surface area contributed by atoms with Crippen LogP contribution in [0.1, 0.15) is 5.56 Å². The Balaban J connectivity index is 1.63. The first-order chi connectivity index (χ1) is 15.3. The van der Waals surface area contributed by atoms with Crippen LogP contribution in [0.25, 0.3) is 6.08 Å². The lowest BCUT2D eigenvalue weighted by molar-refractivity contribution is -0.384. The van der Waals surface area contributed by atoms with Crippen molar-refractivity contribution in [3.8, 4) is 17.2 Å². The fourth-order valence-electron chi connectivity index (χ4n) is 2.94. The summed E-state index contributed by atoms with van der Waals surface area (Å²) < 4.78 is 20.9. The molecule has 1 fully saturated rings. The molecule has 1 aliphatic rings. The quantitative estimate of drug-likeness (QED) is 0.245. The van der Waals surface area contributed by atoms with Crippen molar-refractivity contribution in [2.24, 2.45) is 0 Å². The van der Waals surface area contributed by atoms with Gasteiger partial charge in [0.05, 0.1) is 18.6 Å². The van der Waals surface area contributed by atoms with Crippen LogP contribution in [-0.2, 0) is 14.3 Å². The number of nitro benzene ring substituents is 1. The van der Waals surface area contributed by atoms with Crippen LogP contribution in [0.15, 0.2) is 48.5 Å². The number of phenolic OH excluding ortho intramolecular Hbond substituents is 1. The Kier molecular flexibility index (Phi) is 7.25. The minimum Gasteiger partial charge on any atom is -0.504 e. The number of rotatable bonds is 7. The Morgan fingerprint density at radius 3 is 2.59 bits per heavy atom. The second-order valence-electron chi connectivity index (χ2n) is 6.79. The second kappa shape index (κ2) is 10.1. The molecule has 0 aliphatic carbocycles. The van der Waals surface area contributed by atoms with Crippen LogP contribution in [0.2, 0.25) is 0 Å². The molecule has 11 nitrogen and oxygen atoms in total. The van der Waals surface area contributed by atoms with Gasteiger partial charge in [-0.1, -0.05) is 6.07 Å². The number of phenols is 1. The van der Waals surface area contributed by atoms with Gasteiger partial charge in [0.15, 0.2) is 23.7 Å². The van der Waals surface area contributed by atoms with E-state index in [1.54, 1.807) is 6.07 Å². The molecule has 1 aliphatic heterocycles. The van der Waals surface area contributed by atoms with E-state index in [4.69, 9.17) is 18.9 Å². The van der Waals surface area contributed by atoms with E-state index in [9.17, 15) is 30.2 Å². The molecule has 3 N–H and O–H groups in total. The third kappa shape index (κ3) is 5.52. The number of carbonyl (C=O) groups is 1. The number of hydrogen-bond donors (Lipinski definition) is 3. The number of carbonyl (C=O) groups excluding carboxylic acids is 1. The molecule has 2 aromatic rings. The highest BCUT2D eigenvalue weighted by Crippen LogP contribution is 2.27. The molecule has 0 amide bonds. The van der Waals surface area contributed by atoms with Gasteiger partial charge in [-0.25, -0.2) is 4.79 Å². The molecule has 11 heteroatoms. The predicted molar refractivity (Wildman–Crippen MR) is 109 cm³/mol. The SMILES string of the molecule is COc1cc(/C=C/C(=O)O[C@@H]2[C@@H](O)[C@H](Oc3ccc([N+](=O)[O-])cc3)OC[C@H]2O)ccc1O.